The van der Waals surface area contributed by atoms with Crippen molar-refractivity contribution in [2.45, 2.75) is 19.4 Å². The van der Waals surface area contributed by atoms with E-state index in [9.17, 15) is 9.59 Å². The van der Waals surface area contributed by atoms with Crippen molar-refractivity contribution >= 4 is 34.1 Å². The van der Waals surface area contributed by atoms with Crippen LogP contribution < -0.4 is 10.1 Å². The smallest absolute Gasteiger partial charge is 0.262 e. The Bertz CT molecular complexity index is 1220. The van der Waals surface area contributed by atoms with E-state index in [2.05, 4.69) is 10.3 Å². The number of H-pyrrole nitrogens is 1. The molecule has 0 aliphatic carbocycles. The van der Waals surface area contributed by atoms with E-state index in [0.717, 1.165) is 27.8 Å². The molecular formula is C26H27N3O3S. The molecule has 2 aromatic carbocycles. The number of hydrogen-bond acceptors (Lipinski definition) is 4. The van der Waals surface area contributed by atoms with Gasteiger partial charge in [0.15, 0.2) is 0 Å². The van der Waals surface area contributed by atoms with Gasteiger partial charge in [-0.15, -0.1) is 11.3 Å². The number of rotatable bonds is 9. The largest absolute Gasteiger partial charge is 0.492 e. The molecule has 2 aromatic heterocycles. The number of aromatic nitrogens is 1. The normalized spacial score (nSPS) is 11.8. The quantitative estimate of drug-likeness (QED) is 0.388. The zero-order valence-electron chi connectivity index (χ0n) is 18.7. The lowest BCUT2D eigenvalue weighted by atomic mass is 10.0. The van der Waals surface area contributed by atoms with Crippen LogP contribution >= 0.6 is 11.3 Å². The summed E-state index contributed by atoms with van der Waals surface area (Å²) in [6.45, 7) is 2.80. The highest BCUT2D eigenvalue weighted by molar-refractivity contribution is 7.12. The zero-order valence-corrected chi connectivity index (χ0v) is 19.5. The average molecular weight is 462 g/mol. The van der Waals surface area contributed by atoms with Crippen molar-refractivity contribution in [1.82, 2.24) is 15.2 Å². The number of para-hydroxylation sites is 1. The maximum atomic E-state index is 13.3. The standard InChI is InChI=1S/C26H27N3O3S/c1-18-9-11-20(12-10-18)32-14-13-29(2)26(31)23(28-25(30)24-8-5-15-33-24)16-19-17-27-22-7-4-3-6-21(19)22/h3-12,15,17,23,27H,13-14,16H2,1-2H3,(H,28,30)/t23-/m0/s1. The van der Waals surface area contributed by atoms with Gasteiger partial charge in [-0.25, -0.2) is 0 Å². The summed E-state index contributed by atoms with van der Waals surface area (Å²) in [5.41, 5.74) is 3.15. The van der Waals surface area contributed by atoms with Crippen LogP contribution in [0.25, 0.3) is 10.9 Å². The second-order valence-corrected chi connectivity index (χ2v) is 8.94. The molecule has 0 spiro atoms. The van der Waals surface area contributed by atoms with Crippen LogP contribution in [-0.2, 0) is 11.2 Å². The van der Waals surface area contributed by atoms with E-state index in [-0.39, 0.29) is 11.8 Å². The van der Waals surface area contributed by atoms with Crippen molar-refractivity contribution in [1.29, 1.82) is 0 Å². The third-order valence-corrected chi connectivity index (χ3v) is 6.41. The van der Waals surface area contributed by atoms with Gasteiger partial charge in [-0.1, -0.05) is 42.0 Å². The number of nitrogens with one attached hydrogen (secondary N) is 2. The molecule has 4 aromatic rings. The van der Waals surface area contributed by atoms with Gasteiger partial charge in [0, 0.05) is 30.6 Å². The number of nitrogens with zero attached hydrogens (tertiary/aromatic N) is 1. The number of aromatic amines is 1. The van der Waals surface area contributed by atoms with Crippen LogP contribution in [0.1, 0.15) is 20.8 Å². The molecular weight excluding hydrogens is 434 g/mol. The second-order valence-electron chi connectivity index (χ2n) is 7.99. The molecule has 0 fully saturated rings. The topological polar surface area (TPSA) is 74.4 Å². The SMILES string of the molecule is Cc1ccc(OCCN(C)C(=O)[C@H](Cc2c[nH]c3ccccc23)NC(=O)c2cccs2)cc1. The number of carbonyl (C=O) groups excluding carboxylic acids is 2. The van der Waals surface area contributed by atoms with Crippen molar-refractivity contribution in [3.63, 3.8) is 0 Å². The first kappa shape index (κ1) is 22.6. The minimum absolute atomic E-state index is 0.155. The highest BCUT2D eigenvalue weighted by atomic mass is 32.1. The Morgan fingerprint density at radius 2 is 1.88 bits per heavy atom. The zero-order chi connectivity index (χ0) is 23.2. The molecule has 2 amide bonds. The van der Waals surface area contributed by atoms with Gasteiger partial charge in [0.25, 0.3) is 5.91 Å². The number of benzene rings is 2. The van der Waals surface area contributed by atoms with Crippen molar-refractivity contribution < 1.29 is 14.3 Å². The molecule has 0 aliphatic heterocycles. The fourth-order valence-electron chi connectivity index (χ4n) is 3.67. The number of thiophene rings is 1. The van der Waals surface area contributed by atoms with Gasteiger partial charge in [-0.3, -0.25) is 9.59 Å². The maximum absolute atomic E-state index is 13.3. The van der Waals surface area contributed by atoms with Gasteiger partial charge in [0.2, 0.25) is 5.91 Å². The molecule has 6 nitrogen and oxygen atoms in total. The number of ether oxygens (including phenoxy) is 1. The van der Waals surface area contributed by atoms with Gasteiger partial charge in [0.1, 0.15) is 18.4 Å². The van der Waals surface area contributed by atoms with Crippen molar-refractivity contribution in [3.05, 3.63) is 88.2 Å². The summed E-state index contributed by atoms with van der Waals surface area (Å²) in [6.07, 6.45) is 2.30. The van der Waals surface area contributed by atoms with Gasteiger partial charge in [0.05, 0.1) is 11.4 Å². The first-order valence-electron chi connectivity index (χ1n) is 10.8. The van der Waals surface area contributed by atoms with Crippen LogP contribution in [-0.4, -0.2) is 47.9 Å². The van der Waals surface area contributed by atoms with Crippen molar-refractivity contribution in [3.8, 4) is 5.75 Å². The fraction of sp³-hybridized carbons (Fsp3) is 0.231. The lowest BCUT2D eigenvalue weighted by Crippen LogP contribution is -2.49. The lowest BCUT2D eigenvalue weighted by Gasteiger charge is -2.24. The van der Waals surface area contributed by atoms with Crippen LogP contribution in [0.2, 0.25) is 0 Å². The Morgan fingerprint density at radius 3 is 2.64 bits per heavy atom. The summed E-state index contributed by atoms with van der Waals surface area (Å²) in [4.78, 5) is 31.5. The van der Waals surface area contributed by atoms with Crippen molar-refractivity contribution in [2.24, 2.45) is 0 Å². The highest BCUT2D eigenvalue weighted by Gasteiger charge is 2.26. The second kappa shape index (κ2) is 10.4. The highest BCUT2D eigenvalue weighted by Crippen LogP contribution is 2.20. The van der Waals surface area contributed by atoms with Gasteiger partial charge < -0.3 is 19.9 Å². The molecule has 2 heterocycles. The van der Waals surface area contributed by atoms with Crippen LogP contribution in [0.4, 0.5) is 0 Å². The van der Waals surface area contributed by atoms with E-state index in [1.807, 2.05) is 73.1 Å². The number of aryl methyl sites for hydroxylation is 1. The molecule has 1 atom stereocenters. The Hall–Kier alpha value is -3.58. The van der Waals surface area contributed by atoms with Crippen LogP contribution in [0.15, 0.2) is 72.2 Å². The summed E-state index contributed by atoms with van der Waals surface area (Å²) < 4.78 is 5.78. The fourth-order valence-corrected chi connectivity index (χ4v) is 4.30. The van der Waals surface area contributed by atoms with E-state index in [1.165, 1.54) is 11.3 Å². The molecule has 0 unspecified atom stereocenters. The summed E-state index contributed by atoms with van der Waals surface area (Å²) in [7, 11) is 1.74. The molecule has 2 N–H and O–H groups in total. The predicted octanol–water partition coefficient (Wildman–Crippen LogP) is 4.42. The number of hydrogen-bond donors (Lipinski definition) is 2. The Kier molecular flexibility index (Phi) is 7.10. The van der Waals surface area contributed by atoms with Crippen LogP contribution in [0.3, 0.4) is 0 Å². The van der Waals surface area contributed by atoms with Crippen LogP contribution in [0.5, 0.6) is 5.75 Å². The number of carbonyl (C=O) groups is 2. The van der Waals surface area contributed by atoms with Gasteiger partial charge in [-0.2, -0.15) is 0 Å². The maximum Gasteiger partial charge on any atom is 0.262 e. The third-order valence-electron chi connectivity index (χ3n) is 5.54. The summed E-state index contributed by atoms with van der Waals surface area (Å²) >= 11 is 1.35. The van der Waals surface area contributed by atoms with Crippen molar-refractivity contribution in [2.75, 3.05) is 20.2 Å². The minimum Gasteiger partial charge on any atom is -0.492 e. The predicted molar refractivity (Wildman–Crippen MR) is 132 cm³/mol. The Morgan fingerprint density at radius 1 is 1.09 bits per heavy atom. The van der Waals surface area contributed by atoms with E-state index in [4.69, 9.17) is 4.74 Å². The first-order valence-corrected chi connectivity index (χ1v) is 11.7. The number of likely N-dealkylation sites (N-methyl/N-ethyl adjacent to an activating group) is 1. The Balaban J connectivity index is 1.45. The van der Waals surface area contributed by atoms with Gasteiger partial charge >= 0.3 is 0 Å². The molecule has 7 heteroatoms. The summed E-state index contributed by atoms with van der Waals surface area (Å²) in [6, 6.07) is 18.6. The number of amides is 2. The molecule has 0 bridgehead atoms. The summed E-state index contributed by atoms with van der Waals surface area (Å²) in [5.74, 6) is 0.368. The molecule has 4 rings (SSSR count). The number of fused-ring (bicyclic) bond motifs is 1. The average Bonchev–Trinajstić information content (AvgIpc) is 3.50. The monoisotopic (exact) mass is 461 g/mol. The molecule has 0 aliphatic rings. The lowest BCUT2D eigenvalue weighted by molar-refractivity contribution is -0.132. The first-order chi connectivity index (χ1) is 16.0. The van der Waals surface area contributed by atoms with E-state index < -0.39 is 6.04 Å². The Labute approximate surface area is 197 Å². The minimum atomic E-state index is -0.691. The third kappa shape index (κ3) is 5.62. The molecule has 170 valence electrons. The van der Waals surface area contributed by atoms with E-state index >= 15 is 0 Å². The molecule has 0 saturated heterocycles. The van der Waals surface area contributed by atoms with E-state index in [1.54, 1.807) is 18.0 Å². The molecule has 0 saturated carbocycles. The molecule has 33 heavy (non-hydrogen) atoms. The summed E-state index contributed by atoms with van der Waals surface area (Å²) in [5, 5.41) is 5.84. The molecule has 0 radical (unpaired) electrons. The van der Waals surface area contributed by atoms with Gasteiger partial charge in [-0.05, 0) is 42.1 Å². The van der Waals surface area contributed by atoms with Crippen LogP contribution in [0, 0.1) is 6.92 Å². The van der Waals surface area contributed by atoms with E-state index in [0.29, 0.717) is 24.4 Å².